The molecule has 1 saturated carbocycles. The van der Waals surface area contributed by atoms with Crippen molar-refractivity contribution in [3.63, 3.8) is 0 Å². The first-order valence-electron chi connectivity index (χ1n) is 9.49. The molecule has 2 fully saturated rings. The van der Waals surface area contributed by atoms with Gasteiger partial charge in [0.15, 0.2) is 0 Å². The molecule has 0 amide bonds. The SMILES string of the molecule is CN1CCC(NCCC2CCC(c3c(F)cccc3Cl)CC2)CC1. The van der Waals surface area contributed by atoms with Gasteiger partial charge in [-0.15, -0.1) is 0 Å². The highest BCUT2D eigenvalue weighted by molar-refractivity contribution is 6.31. The topological polar surface area (TPSA) is 15.3 Å². The molecule has 0 unspecified atom stereocenters. The summed E-state index contributed by atoms with van der Waals surface area (Å²) in [6.07, 6.45) is 8.34. The molecule has 4 heteroatoms. The summed E-state index contributed by atoms with van der Waals surface area (Å²) in [6.45, 7) is 3.56. The van der Waals surface area contributed by atoms with Crippen LogP contribution in [0.15, 0.2) is 18.2 Å². The number of likely N-dealkylation sites (tertiary alicyclic amines) is 1. The van der Waals surface area contributed by atoms with Crippen molar-refractivity contribution in [1.82, 2.24) is 10.2 Å². The molecule has 0 atom stereocenters. The first-order valence-corrected chi connectivity index (χ1v) is 9.87. The van der Waals surface area contributed by atoms with Crippen molar-refractivity contribution in [2.75, 3.05) is 26.7 Å². The third-order valence-corrected chi connectivity index (χ3v) is 6.29. The third-order valence-electron chi connectivity index (χ3n) is 5.96. The molecule has 2 nitrogen and oxygen atoms in total. The summed E-state index contributed by atoms with van der Waals surface area (Å²) in [5, 5.41) is 4.34. The maximum absolute atomic E-state index is 14.1. The second kappa shape index (κ2) is 8.64. The van der Waals surface area contributed by atoms with Gasteiger partial charge in [-0.1, -0.05) is 17.7 Å². The molecule has 1 heterocycles. The second-order valence-electron chi connectivity index (χ2n) is 7.67. The zero-order valence-corrected chi connectivity index (χ0v) is 15.5. The first kappa shape index (κ1) is 18.2. The number of nitrogens with zero attached hydrogens (tertiary/aromatic N) is 1. The van der Waals surface area contributed by atoms with Gasteiger partial charge in [0.1, 0.15) is 5.82 Å². The Morgan fingerprint density at radius 3 is 2.50 bits per heavy atom. The second-order valence-corrected chi connectivity index (χ2v) is 8.08. The molecular formula is C20H30ClFN2. The van der Waals surface area contributed by atoms with Gasteiger partial charge in [0.2, 0.25) is 0 Å². The van der Waals surface area contributed by atoms with Crippen molar-refractivity contribution in [2.24, 2.45) is 5.92 Å². The zero-order valence-electron chi connectivity index (χ0n) is 14.7. The lowest BCUT2D eigenvalue weighted by Gasteiger charge is -2.32. The van der Waals surface area contributed by atoms with E-state index in [0.717, 1.165) is 30.9 Å². The monoisotopic (exact) mass is 352 g/mol. The summed E-state index contributed by atoms with van der Waals surface area (Å²) in [5.74, 6) is 0.956. The van der Waals surface area contributed by atoms with Crippen LogP contribution in [0.3, 0.4) is 0 Å². The van der Waals surface area contributed by atoms with E-state index >= 15 is 0 Å². The van der Waals surface area contributed by atoms with Crippen molar-refractivity contribution in [2.45, 2.75) is 56.9 Å². The average molecular weight is 353 g/mol. The van der Waals surface area contributed by atoms with Crippen molar-refractivity contribution in [1.29, 1.82) is 0 Å². The molecular weight excluding hydrogens is 323 g/mol. The molecule has 3 rings (SSSR count). The van der Waals surface area contributed by atoms with Crippen LogP contribution < -0.4 is 5.32 Å². The Labute approximate surface area is 150 Å². The van der Waals surface area contributed by atoms with Crippen LogP contribution in [0.4, 0.5) is 4.39 Å². The molecule has 1 aromatic rings. The lowest BCUT2D eigenvalue weighted by Crippen LogP contribution is -2.41. The maximum Gasteiger partial charge on any atom is 0.128 e. The molecule has 134 valence electrons. The fraction of sp³-hybridized carbons (Fsp3) is 0.700. The molecule has 1 aliphatic carbocycles. The Morgan fingerprint density at radius 2 is 1.83 bits per heavy atom. The molecule has 2 aliphatic rings. The van der Waals surface area contributed by atoms with E-state index in [2.05, 4.69) is 17.3 Å². The summed E-state index contributed by atoms with van der Waals surface area (Å²) in [7, 11) is 2.20. The van der Waals surface area contributed by atoms with Gasteiger partial charge in [0.05, 0.1) is 0 Å². The van der Waals surface area contributed by atoms with E-state index in [0.29, 0.717) is 17.0 Å². The van der Waals surface area contributed by atoms with Crippen molar-refractivity contribution < 1.29 is 4.39 Å². The molecule has 0 aromatic heterocycles. The number of benzene rings is 1. The van der Waals surface area contributed by atoms with Gasteiger partial charge in [-0.2, -0.15) is 0 Å². The van der Waals surface area contributed by atoms with E-state index < -0.39 is 0 Å². The van der Waals surface area contributed by atoms with Crippen LogP contribution in [0.1, 0.15) is 56.4 Å². The number of hydrogen-bond acceptors (Lipinski definition) is 2. The van der Waals surface area contributed by atoms with Gasteiger partial charge in [0, 0.05) is 16.6 Å². The molecule has 0 spiro atoms. The van der Waals surface area contributed by atoms with E-state index in [1.807, 2.05) is 6.07 Å². The van der Waals surface area contributed by atoms with Gasteiger partial charge in [-0.05, 0) is 95.6 Å². The Morgan fingerprint density at radius 1 is 1.12 bits per heavy atom. The normalized spacial score (nSPS) is 26.6. The van der Waals surface area contributed by atoms with E-state index in [1.165, 1.54) is 45.2 Å². The number of nitrogens with one attached hydrogen (secondary N) is 1. The number of halogens is 2. The molecule has 1 aromatic carbocycles. The molecule has 1 aliphatic heterocycles. The minimum Gasteiger partial charge on any atom is -0.314 e. The highest BCUT2D eigenvalue weighted by atomic mass is 35.5. The van der Waals surface area contributed by atoms with E-state index in [4.69, 9.17) is 11.6 Å². The van der Waals surface area contributed by atoms with E-state index in [9.17, 15) is 4.39 Å². The summed E-state index contributed by atoms with van der Waals surface area (Å²) in [6, 6.07) is 5.76. The number of piperidine rings is 1. The molecule has 0 radical (unpaired) electrons. The van der Waals surface area contributed by atoms with Crippen LogP contribution in [0.5, 0.6) is 0 Å². The van der Waals surface area contributed by atoms with Gasteiger partial charge in [0.25, 0.3) is 0 Å². The first-order chi connectivity index (χ1) is 11.6. The van der Waals surface area contributed by atoms with Gasteiger partial charge in [-0.3, -0.25) is 0 Å². The quantitative estimate of drug-likeness (QED) is 0.816. The Bertz CT molecular complexity index is 500. The third kappa shape index (κ3) is 4.71. The van der Waals surface area contributed by atoms with Crippen molar-refractivity contribution >= 4 is 11.6 Å². The van der Waals surface area contributed by atoms with Gasteiger partial charge >= 0.3 is 0 Å². The summed E-state index contributed by atoms with van der Waals surface area (Å²) >= 11 is 6.23. The standard InChI is InChI=1S/C20H30ClFN2/c1-24-13-10-17(11-14-24)23-12-9-15-5-7-16(8-6-15)20-18(21)3-2-4-19(20)22/h2-4,15-17,23H,5-14H2,1H3. The van der Waals surface area contributed by atoms with Crippen LogP contribution in [-0.4, -0.2) is 37.6 Å². The lowest BCUT2D eigenvalue weighted by atomic mass is 9.77. The Kier molecular flexibility index (Phi) is 6.54. The largest absolute Gasteiger partial charge is 0.314 e. The Hall–Kier alpha value is -0.640. The fourth-order valence-electron chi connectivity index (χ4n) is 4.34. The number of rotatable bonds is 5. The van der Waals surface area contributed by atoms with Crippen molar-refractivity contribution in [3.8, 4) is 0 Å². The summed E-state index contributed by atoms with van der Waals surface area (Å²) in [4.78, 5) is 2.41. The fourth-order valence-corrected chi connectivity index (χ4v) is 4.66. The van der Waals surface area contributed by atoms with Gasteiger partial charge < -0.3 is 10.2 Å². The Balaban J connectivity index is 1.39. The van der Waals surface area contributed by atoms with Crippen LogP contribution in [0, 0.1) is 11.7 Å². The average Bonchev–Trinajstić information content (AvgIpc) is 2.58. The molecule has 24 heavy (non-hydrogen) atoms. The predicted octanol–water partition coefficient (Wildman–Crippen LogP) is 4.83. The summed E-state index contributed by atoms with van der Waals surface area (Å²) in [5.41, 5.74) is 0.752. The molecule has 0 bridgehead atoms. The zero-order chi connectivity index (χ0) is 16.9. The van der Waals surface area contributed by atoms with Crippen LogP contribution >= 0.6 is 11.6 Å². The van der Waals surface area contributed by atoms with Crippen LogP contribution in [-0.2, 0) is 0 Å². The minimum absolute atomic E-state index is 0.130. The molecule has 1 saturated heterocycles. The maximum atomic E-state index is 14.1. The number of hydrogen-bond donors (Lipinski definition) is 1. The molecule has 1 N–H and O–H groups in total. The highest BCUT2D eigenvalue weighted by Gasteiger charge is 2.26. The predicted molar refractivity (Wildman–Crippen MR) is 99.2 cm³/mol. The van der Waals surface area contributed by atoms with Crippen molar-refractivity contribution in [3.05, 3.63) is 34.6 Å². The smallest absolute Gasteiger partial charge is 0.128 e. The lowest BCUT2D eigenvalue weighted by molar-refractivity contribution is 0.228. The minimum atomic E-state index is -0.130. The highest BCUT2D eigenvalue weighted by Crippen LogP contribution is 2.40. The summed E-state index contributed by atoms with van der Waals surface area (Å²) < 4.78 is 14.1. The van der Waals surface area contributed by atoms with Crippen LogP contribution in [0.25, 0.3) is 0 Å². The van der Waals surface area contributed by atoms with Gasteiger partial charge in [-0.25, -0.2) is 4.39 Å². The van der Waals surface area contributed by atoms with E-state index in [-0.39, 0.29) is 5.82 Å². The van der Waals surface area contributed by atoms with Crippen LogP contribution in [0.2, 0.25) is 5.02 Å². The van der Waals surface area contributed by atoms with E-state index in [1.54, 1.807) is 12.1 Å².